The lowest BCUT2D eigenvalue weighted by Crippen LogP contribution is -2.35. The van der Waals surface area contributed by atoms with Crippen molar-refractivity contribution in [3.05, 3.63) is 54.1 Å². The van der Waals surface area contributed by atoms with Gasteiger partial charge < -0.3 is 15.4 Å². The summed E-state index contributed by atoms with van der Waals surface area (Å²) in [5.41, 5.74) is 0.648. The summed E-state index contributed by atoms with van der Waals surface area (Å²) in [7, 11) is -1.05. The van der Waals surface area contributed by atoms with Gasteiger partial charge in [-0.15, -0.1) is 0 Å². The third-order valence-corrected chi connectivity index (χ3v) is 6.21. The first-order valence-corrected chi connectivity index (χ1v) is 11.0. The molecule has 2 aromatic carbocycles. The van der Waals surface area contributed by atoms with Crippen molar-refractivity contribution in [2.75, 3.05) is 32.6 Å². The molecule has 0 spiro atoms. The van der Waals surface area contributed by atoms with Gasteiger partial charge in [0, 0.05) is 13.6 Å². The topological polar surface area (TPSA) is 105 Å². The fourth-order valence-electron chi connectivity index (χ4n) is 2.67. The SMILES string of the molecule is CCCCNC(=O)c1ccccc1NC(=O)CN(C)S(=O)(=O)c1ccc(OC)cc1. The molecule has 162 valence electrons. The molecule has 0 aliphatic heterocycles. The smallest absolute Gasteiger partial charge is 0.253 e. The van der Waals surface area contributed by atoms with Crippen LogP contribution in [0.15, 0.2) is 53.4 Å². The van der Waals surface area contributed by atoms with Crippen molar-refractivity contribution in [1.82, 2.24) is 9.62 Å². The molecule has 0 saturated heterocycles. The summed E-state index contributed by atoms with van der Waals surface area (Å²) in [4.78, 5) is 24.9. The van der Waals surface area contributed by atoms with Crippen molar-refractivity contribution >= 4 is 27.5 Å². The molecule has 2 amide bonds. The second kappa shape index (κ2) is 10.7. The number of likely N-dealkylation sites (N-methyl/N-ethyl adjacent to an activating group) is 1. The zero-order valence-corrected chi connectivity index (χ0v) is 18.2. The molecule has 8 nitrogen and oxygen atoms in total. The Morgan fingerprint density at radius 1 is 1.07 bits per heavy atom. The summed E-state index contributed by atoms with van der Waals surface area (Å²) in [5.74, 6) is -0.315. The number of hydrogen-bond donors (Lipinski definition) is 2. The van der Waals surface area contributed by atoms with Crippen LogP contribution in [0, 0.1) is 0 Å². The van der Waals surface area contributed by atoms with Crippen LogP contribution in [0.1, 0.15) is 30.1 Å². The monoisotopic (exact) mass is 433 g/mol. The van der Waals surface area contributed by atoms with Gasteiger partial charge in [0.25, 0.3) is 5.91 Å². The highest BCUT2D eigenvalue weighted by molar-refractivity contribution is 7.89. The summed E-state index contributed by atoms with van der Waals surface area (Å²) in [6.07, 6.45) is 1.81. The number of amides is 2. The molecule has 0 atom stereocenters. The summed E-state index contributed by atoms with van der Waals surface area (Å²) in [5, 5.41) is 5.43. The molecule has 0 aliphatic rings. The number of methoxy groups -OCH3 is 1. The number of hydrogen-bond acceptors (Lipinski definition) is 5. The Hall–Kier alpha value is -2.91. The van der Waals surface area contributed by atoms with Crippen molar-refractivity contribution < 1.29 is 22.7 Å². The van der Waals surface area contributed by atoms with Gasteiger partial charge in [-0.1, -0.05) is 25.5 Å². The number of rotatable bonds is 10. The van der Waals surface area contributed by atoms with Gasteiger partial charge in [-0.05, 0) is 42.8 Å². The van der Waals surface area contributed by atoms with Crippen molar-refractivity contribution in [3.8, 4) is 5.75 Å². The predicted octanol–water partition coefficient (Wildman–Crippen LogP) is 2.48. The Balaban J connectivity index is 2.07. The van der Waals surface area contributed by atoms with Crippen LogP contribution in [0.5, 0.6) is 5.75 Å². The Kier molecular flexibility index (Phi) is 8.37. The van der Waals surface area contributed by atoms with Crippen molar-refractivity contribution in [3.63, 3.8) is 0 Å². The van der Waals surface area contributed by atoms with Crippen LogP contribution in [0.3, 0.4) is 0 Å². The van der Waals surface area contributed by atoms with Crippen molar-refractivity contribution in [2.45, 2.75) is 24.7 Å². The number of sulfonamides is 1. The molecule has 30 heavy (non-hydrogen) atoms. The minimum absolute atomic E-state index is 0.0503. The van der Waals surface area contributed by atoms with Gasteiger partial charge in [0.2, 0.25) is 15.9 Å². The number of unbranched alkanes of at least 4 members (excludes halogenated alkanes) is 1. The zero-order chi connectivity index (χ0) is 22.1. The van der Waals surface area contributed by atoms with Gasteiger partial charge in [0.15, 0.2) is 0 Å². The molecule has 0 saturated carbocycles. The van der Waals surface area contributed by atoms with Crippen LogP contribution in [0.4, 0.5) is 5.69 Å². The molecule has 0 aromatic heterocycles. The third kappa shape index (κ3) is 6.04. The number of carbonyl (C=O) groups excluding carboxylic acids is 2. The van der Waals surface area contributed by atoms with E-state index in [0.717, 1.165) is 17.1 Å². The Morgan fingerprint density at radius 2 is 1.73 bits per heavy atom. The van der Waals surface area contributed by atoms with Crippen molar-refractivity contribution in [1.29, 1.82) is 0 Å². The fourth-order valence-corrected chi connectivity index (χ4v) is 3.80. The molecule has 0 aliphatic carbocycles. The van der Waals surface area contributed by atoms with E-state index in [0.29, 0.717) is 23.5 Å². The summed E-state index contributed by atoms with van der Waals surface area (Å²) in [6.45, 7) is 2.16. The number of nitrogens with zero attached hydrogens (tertiary/aromatic N) is 1. The number of benzene rings is 2. The van der Waals surface area contributed by atoms with Gasteiger partial charge in [0.05, 0.1) is 29.8 Å². The summed E-state index contributed by atoms with van der Waals surface area (Å²) < 4.78 is 31.3. The fraction of sp³-hybridized carbons (Fsp3) is 0.333. The predicted molar refractivity (Wildman–Crippen MR) is 115 cm³/mol. The van der Waals surface area contributed by atoms with Gasteiger partial charge in [-0.2, -0.15) is 4.31 Å². The van der Waals surface area contributed by atoms with Gasteiger partial charge >= 0.3 is 0 Å². The number of ether oxygens (including phenoxy) is 1. The minimum Gasteiger partial charge on any atom is -0.497 e. The lowest BCUT2D eigenvalue weighted by Gasteiger charge is -2.18. The van der Waals surface area contributed by atoms with E-state index in [-0.39, 0.29) is 10.8 Å². The molecule has 0 radical (unpaired) electrons. The van der Waals surface area contributed by atoms with Gasteiger partial charge in [-0.25, -0.2) is 8.42 Å². The highest BCUT2D eigenvalue weighted by atomic mass is 32.2. The van der Waals surface area contributed by atoms with E-state index in [1.54, 1.807) is 24.3 Å². The normalized spacial score (nSPS) is 11.2. The van der Waals surface area contributed by atoms with E-state index in [4.69, 9.17) is 4.74 Å². The molecule has 9 heteroatoms. The number of anilines is 1. The summed E-state index contributed by atoms with van der Waals surface area (Å²) in [6, 6.07) is 12.5. The molecular formula is C21H27N3O5S. The average molecular weight is 434 g/mol. The van der Waals surface area contributed by atoms with Crippen LogP contribution in [0.2, 0.25) is 0 Å². The second-order valence-electron chi connectivity index (χ2n) is 6.64. The van der Waals surface area contributed by atoms with Crippen LogP contribution in [-0.4, -0.2) is 51.8 Å². The van der Waals surface area contributed by atoms with E-state index < -0.39 is 22.5 Å². The summed E-state index contributed by atoms with van der Waals surface area (Å²) >= 11 is 0. The standard InChI is InChI=1S/C21H27N3O5S/c1-4-5-14-22-21(26)18-8-6-7-9-19(18)23-20(25)15-24(2)30(27,28)17-12-10-16(29-3)11-13-17/h6-13H,4-5,14-15H2,1-3H3,(H,22,26)(H,23,25). The molecular weight excluding hydrogens is 406 g/mol. The van der Waals surface area contributed by atoms with Gasteiger partial charge in [-0.3, -0.25) is 9.59 Å². The zero-order valence-electron chi connectivity index (χ0n) is 17.3. The van der Waals surface area contributed by atoms with E-state index in [2.05, 4.69) is 10.6 Å². The lowest BCUT2D eigenvalue weighted by atomic mass is 10.1. The molecule has 0 fully saturated rings. The first-order chi connectivity index (χ1) is 14.3. The minimum atomic E-state index is -3.86. The quantitative estimate of drug-likeness (QED) is 0.560. The first kappa shape index (κ1) is 23.4. The van der Waals surface area contributed by atoms with E-state index in [1.165, 1.54) is 38.4 Å². The maximum absolute atomic E-state index is 12.7. The first-order valence-electron chi connectivity index (χ1n) is 9.57. The Morgan fingerprint density at radius 3 is 2.37 bits per heavy atom. The van der Waals surface area contributed by atoms with E-state index in [1.807, 2.05) is 6.92 Å². The second-order valence-corrected chi connectivity index (χ2v) is 8.68. The maximum atomic E-state index is 12.7. The maximum Gasteiger partial charge on any atom is 0.253 e. The average Bonchev–Trinajstić information content (AvgIpc) is 2.74. The van der Waals surface area contributed by atoms with Crippen LogP contribution in [0.25, 0.3) is 0 Å². The number of carbonyl (C=O) groups is 2. The highest BCUT2D eigenvalue weighted by Crippen LogP contribution is 2.19. The van der Waals surface area contributed by atoms with Crippen LogP contribution in [-0.2, 0) is 14.8 Å². The van der Waals surface area contributed by atoms with E-state index in [9.17, 15) is 18.0 Å². The highest BCUT2D eigenvalue weighted by Gasteiger charge is 2.23. The van der Waals surface area contributed by atoms with Gasteiger partial charge in [0.1, 0.15) is 5.75 Å². The van der Waals surface area contributed by atoms with Crippen molar-refractivity contribution in [2.24, 2.45) is 0 Å². The Bertz CT molecular complexity index is 974. The molecule has 0 bridgehead atoms. The van der Waals surface area contributed by atoms with E-state index >= 15 is 0 Å². The number of nitrogens with one attached hydrogen (secondary N) is 2. The molecule has 2 aromatic rings. The van der Waals surface area contributed by atoms with Crippen LogP contribution >= 0.6 is 0 Å². The lowest BCUT2D eigenvalue weighted by molar-refractivity contribution is -0.116. The number of para-hydroxylation sites is 1. The molecule has 0 heterocycles. The van der Waals surface area contributed by atoms with Crippen LogP contribution < -0.4 is 15.4 Å². The Labute approximate surface area is 177 Å². The third-order valence-electron chi connectivity index (χ3n) is 4.40. The molecule has 2 rings (SSSR count). The largest absolute Gasteiger partial charge is 0.497 e. The molecule has 0 unspecified atom stereocenters. The molecule has 2 N–H and O–H groups in total.